The third-order valence-electron chi connectivity index (χ3n) is 2.41. The number of furan rings is 1. The van der Waals surface area contributed by atoms with Crippen molar-refractivity contribution in [2.75, 3.05) is 6.61 Å². The van der Waals surface area contributed by atoms with Gasteiger partial charge in [-0.1, -0.05) is 6.07 Å². The van der Waals surface area contributed by atoms with Gasteiger partial charge in [0.05, 0.1) is 12.2 Å². The molecule has 0 aliphatic heterocycles. The van der Waals surface area contributed by atoms with E-state index in [0.717, 1.165) is 0 Å². The summed E-state index contributed by atoms with van der Waals surface area (Å²) in [6.07, 6.45) is 3.54. The van der Waals surface area contributed by atoms with E-state index in [1.807, 2.05) is 0 Å². The van der Waals surface area contributed by atoms with Gasteiger partial charge in [0, 0.05) is 5.39 Å². The molecule has 92 valence electrons. The van der Waals surface area contributed by atoms with Gasteiger partial charge in [-0.25, -0.2) is 4.79 Å². The highest BCUT2D eigenvalue weighted by atomic mass is 16.5. The Morgan fingerprint density at radius 1 is 1.44 bits per heavy atom. The lowest BCUT2D eigenvalue weighted by molar-refractivity contribution is -0.104. The average Bonchev–Trinajstić information content (AvgIpc) is 2.79. The van der Waals surface area contributed by atoms with Crippen molar-refractivity contribution in [3.8, 4) is 0 Å². The molecule has 0 aliphatic rings. The van der Waals surface area contributed by atoms with Crippen molar-refractivity contribution in [3.05, 3.63) is 41.7 Å². The molecule has 0 spiro atoms. The molecule has 4 nitrogen and oxygen atoms in total. The van der Waals surface area contributed by atoms with E-state index >= 15 is 0 Å². The molecular formula is C14H12O4. The summed E-state index contributed by atoms with van der Waals surface area (Å²) in [5.74, 6) is 0.142. The minimum absolute atomic E-state index is 0.324. The first kappa shape index (κ1) is 12.1. The number of hydrogen-bond donors (Lipinski definition) is 0. The van der Waals surface area contributed by atoms with Crippen molar-refractivity contribution in [1.82, 2.24) is 0 Å². The highest BCUT2D eigenvalue weighted by molar-refractivity contribution is 6.03. The summed E-state index contributed by atoms with van der Waals surface area (Å²) >= 11 is 0. The number of carbonyl (C=O) groups excluding carboxylic acids is 2. The topological polar surface area (TPSA) is 56.5 Å². The van der Waals surface area contributed by atoms with Crippen LogP contribution in [0.5, 0.6) is 0 Å². The molecule has 2 aromatic rings. The molecule has 1 heterocycles. The van der Waals surface area contributed by atoms with Gasteiger partial charge >= 0.3 is 5.97 Å². The number of ether oxygens (including phenoxy) is 1. The number of benzene rings is 1. The predicted molar refractivity (Wildman–Crippen MR) is 67.3 cm³/mol. The number of allylic oxidation sites excluding steroid dienone is 1. The number of hydrogen-bond acceptors (Lipinski definition) is 4. The minimum Gasteiger partial charge on any atom is -0.462 e. The van der Waals surface area contributed by atoms with Crippen LogP contribution < -0.4 is 0 Å². The second-order valence-corrected chi connectivity index (χ2v) is 3.58. The molecular weight excluding hydrogens is 232 g/mol. The van der Waals surface area contributed by atoms with Crippen LogP contribution in [0, 0.1) is 0 Å². The second kappa shape index (κ2) is 5.31. The Bertz CT molecular complexity index is 607. The van der Waals surface area contributed by atoms with Crippen LogP contribution in [-0.4, -0.2) is 18.9 Å². The van der Waals surface area contributed by atoms with Crippen LogP contribution in [0.1, 0.15) is 23.0 Å². The summed E-state index contributed by atoms with van der Waals surface area (Å²) in [6.45, 7) is 2.08. The highest BCUT2D eigenvalue weighted by Crippen LogP contribution is 2.24. The first-order chi connectivity index (χ1) is 8.76. The SMILES string of the molecule is CCOC(=O)c1cccc2oc(C=CC=O)cc12. The first-order valence-electron chi connectivity index (χ1n) is 5.57. The third kappa shape index (κ3) is 2.32. The molecule has 0 aliphatic carbocycles. The van der Waals surface area contributed by atoms with Gasteiger partial charge in [0.15, 0.2) is 0 Å². The summed E-state index contributed by atoms with van der Waals surface area (Å²) in [5, 5.41) is 0.682. The Balaban J connectivity index is 2.48. The van der Waals surface area contributed by atoms with E-state index < -0.39 is 0 Å². The van der Waals surface area contributed by atoms with Crippen LogP contribution in [-0.2, 0) is 9.53 Å². The maximum Gasteiger partial charge on any atom is 0.338 e. The van der Waals surface area contributed by atoms with Crippen LogP contribution in [0.3, 0.4) is 0 Å². The molecule has 0 bridgehead atoms. The van der Waals surface area contributed by atoms with E-state index in [-0.39, 0.29) is 5.97 Å². The smallest absolute Gasteiger partial charge is 0.338 e. The number of esters is 1. The van der Waals surface area contributed by atoms with E-state index in [2.05, 4.69) is 0 Å². The normalized spacial score (nSPS) is 10.9. The Morgan fingerprint density at radius 2 is 2.28 bits per heavy atom. The summed E-state index contributed by atoms with van der Waals surface area (Å²) in [4.78, 5) is 22.0. The van der Waals surface area contributed by atoms with Gasteiger partial charge in [-0.05, 0) is 37.3 Å². The standard InChI is InChI=1S/C14H12O4/c1-2-17-14(16)11-6-3-7-13-12(11)9-10(18-13)5-4-8-15/h3-9H,2H2,1H3. The van der Waals surface area contributed by atoms with Crippen molar-refractivity contribution in [1.29, 1.82) is 0 Å². The van der Waals surface area contributed by atoms with Crippen LogP contribution in [0.25, 0.3) is 17.0 Å². The first-order valence-corrected chi connectivity index (χ1v) is 5.57. The lowest BCUT2D eigenvalue weighted by atomic mass is 10.1. The van der Waals surface area contributed by atoms with Crippen molar-refractivity contribution < 1.29 is 18.7 Å². The minimum atomic E-state index is -0.380. The number of carbonyl (C=O) groups is 2. The largest absolute Gasteiger partial charge is 0.462 e. The zero-order valence-electron chi connectivity index (χ0n) is 9.88. The van der Waals surface area contributed by atoms with Crippen molar-refractivity contribution in [2.24, 2.45) is 0 Å². The van der Waals surface area contributed by atoms with E-state index in [4.69, 9.17) is 9.15 Å². The molecule has 0 atom stereocenters. The Morgan fingerprint density at radius 3 is 3.00 bits per heavy atom. The molecule has 0 saturated carbocycles. The van der Waals surface area contributed by atoms with Crippen molar-refractivity contribution >= 4 is 29.3 Å². The lowest BCUT2D eigenvalue weighted by Crippen LogP contribution is -2.04. The van der Waals surface area contributed by atoms with E-state index in [1.54, 1.807) is 37.3 Å². The fourth-order valence-corrected chi connectivity index (χ4v) is 1.68. The van der Waals surface area contributed by atoms with E-state index in [1.165, 1.54) is 6.08 Å². The zero-order valence-corrected chi connectivity index (χ0v) is 9.88. The molecule has 0 amide bonds. The second-order valence-electron chi connectivity index (χ2n) is 3.58. The number of fused-ring (bicyclic) bond motifs is 1. The molecule has 1 aromatic carbocycles. The van der Waals surface area contributed by atoms with Gasteiger partial charge in [-0.3, -0.25) is 4.79 Å². The molecule has 0 radical (unpaired) electrons. The molecule has 1 aromatic heterocycles. The van der Waals surface area contributed by atoms with Gasteiger partial charge in [-0.15, -0.1) is 0 Å². The summed E-state index contributed by atoms with van der Waals surface area (Å²) in [7, 11) is 0. The maximum absolute atomic E-state index is 11.7. The monoisotopic (exact) mass is 244 g/mol. The molecule has 0 unspecified atom stereocenters. The van der Waals surface area contributed by atoms with Crippen LogP contribution in [0.15, 0.2) is 34.8 Å². The Labute approximate surface area is 104 Å². The molecule has 0 saturated heterocycles. The fourth-order valence-electron chi connectivity index (χ4n) is 1.68. The Hall–Kier alpha value is -2.36. The van der Waals surface area contributed by atoms with Crippen molar-refractivity contribution in [2.45, 2.75) is 6.92 Å². The fraction of sp³-hybridized carbons (Fsp3) is 0.143. The van der Waals surface area contributed by atoms with Gasteiger partial charge in [-0.2, -0.15) is 0 Å². The van der Waals surface area contributed by atoms with Crippen LogP contribution in [0.2, 0.25) is 0 Å². The molecule has 4 heteroatoms. The van der Waals surface area contributed by atoms with E-state index in [9.17, 15) is 9.59 Å². The predicted octanol–water partition coefficient (Wildman–Crippen LogP) is 2.82. The molecule has 0 N–H and O–H groups in total. The van der Waals surface area contributed by atoms with Gasteiger partial charge in [0.25, 0.3) is 0 Å². The zero-order chi connectivity index (χ0) is 13.0. The van der Waals surface area contributed by atoms with Crippen LogP contribution in [0.4, 0.5) is 0 Å². The summed E-state index contributed by atoms with van der Waals surface area (Å²) in [6, 6.07) is 6.88. The molecule has 2 rings (SSSR count). The third-order valence-corrected chi connectivity index (χ3v) is 2.41. The average molecular weight is 244 g/mol. The van der Waals surface area contributed by atoms with Gasteiger partial charge in [0.1, 0.15) is 17.6 Å². The number of rotatable bonds is 4. The highest BCUT2D eigenvalue weighted by Gasteiger charge is 2.13. The van der Waals surface area contributed by atoms with Crippen molar-refractivity contribution in [3.63, 3.8) is 0 Å². The quantitative estimate of drug-likeness (QED) is 0.471. The summed E-state index contributed by atoms with van der Waals surface area (Å²) in [5.41, 5.74) is 1.05. The molecule has 0 fully saturated rings. The van der Waals surface area contributed by atoms with Gasteiger partial charge in [0.2, 0.25) is 0 Å². The Kier molecular flexibility index (Phi) is 3.57. The lowest BCUT2D eigenvalue weighted by Gasteiger charge is -2.01. The number of aldehydes is 1. The van der Waals surface area contributed by atoms with Crippen LogP contribution >= 0.6 is 0 Å². The van der Waals surface area contributed by atoms with Gasteiger partial charge < -0.3 is 9.15 Å². The summed E-state index contributed by atoms with van der Waals surface area (Å²) < 4.78 is 10.5. The van der Waals surface area contributed by atoms with E-state index in [0.29, 0.717) is 35.2 Å². The molecule has 18 heavy (non-hydrogen) atoms. The maximum atomic E-state index is 11.7.